The van der Waals surface area contributed by atoms with Crippen LogP contribution in [0.25, 0.3) is 0 Å². The highest BCUT2D eigenvalue weighted by molar-refractivity contribution is 6.30. The molecule has 1 aromatic heterocycles. The molecule has 100 valence electrons. The van der Waals surface area contributed by atoms with Crippen LogP contribution in [-0.2, 0) is 0 Å². The van der Waals surface area contributed by atoms with Crippen molar-refractivity contribution in [3.05, 3.63) is 17.0 Å². The molecule has 0 radical (unpaired) electrons. The van der Waals surface area contributed by atoms with Crippen LogP contribution < -0.4 is 5.32 Å². The van der Waals surface area contributed by atoms with E-state index < -0.39 is 0 Å². The van der Waals surface area contributed by atoms with E-state index in [1.165, 1.54) is 19.3 Å². The van der Waals surface area contributed by atoms with Crippen LogP contribution in [0.3, 0.4) is 0 Å². The van der Waals surface area contributed by atoms with Crippen LogP contribution in [-0.4, -0.2) is 16.0 Å². The van der Waals surface area contributed by atoms with Gasteiger partial charge in [-0.25, -0.2) is 9.97 Å². The molecule has 4 heteroatoms. The summed E-state index contributed by atoms with van der Waals surface area (Å²) >= 11 is 6.19. The Kier molecular flexibility index (Phi) is 3.81. The molecule has 2 rings (SSSR count). The number of rotatable bonds is 3. The monoisotopic (exact) mass is 267 g/mol. The molecule has 1 saturated carbocycles. The van der Waals surface area contributed by atoms with Gasteiger partial charge in [0.15, 0.2) is 0 Å². The second-order valence-electron chi connectivity index (χ2n) is 6.16. The van der Waals surface area contributed by atoms with Crippen LogP contribution in [0.4, 0.5) is 5.82 Å². The third-order valence-electron chi connectivity index (χ3n) is 3.98. The van der Waals surface area contributed by atoms with E-state index in [1.54, 1.807) is 6.33 Å². The van der Waals surface area contributed by atoms with Crippen molar-refractivity contribution in [3.8, 4) is 0 Å². The van der Waals surface area contributed by atoms with E-state index in [2.05, 4.69) is 43.0 Å². The lowest BCUT2D eigenvalue weighted by molar-refractivity contribution is 0.349. The number of halogens is 1. The van der Waals surface area contributed by atoms with E-state index in [-0.39, 0.29) is 0 Å². The summed E-state index contributed by atoms with van der Waals surface area (Å²) in [6.07, 6.45) is 5.28. The van der Waals surface area contributed by atoms with E-state index >= 15 is 0 Å². The van der Waals surface area contributed by atoms with Gasteiger partial charge in [0.2, 0.25) is 0 Å². The number of aromatic nitrogens is 2. The Hall–Kier alpha value is -0.830. The lowest BCUT2D eigenvalue weighted by Gasteiger charge is -2.29. The van der Waals surface area contributed by atoms with E-state index in [1.807, 2.05) is 0 Å². The fraction of sp³-hybridized carbons (Fsp3) is 0.714. The Morgan fingerprint density at radius 1 is 1.39 bits per heavy atom. The molecule has 1 aliphatic carbocycles. The molecule has 1 unspecified atom stereocenters. The topological polar surface area (TPSA) is 37.8 Å². The van der Waals surface area contributed by atoms with Crippen LogP contribution in [0.2, 0.25) is 5.15 Å². The number of nitrogens with zero attached hydrogens (tertiary/aromatic N) is 2. The minimum Gasteiger partial charge on any atom is -0.366 e. The summed E-state index contributed by atoms with van der Waals surface area (Å²) in [6, 6.07) is 0.473. The van der Waals surface area contributed by atoms with Gasteiger partial charge in [-0.1, -0.05) is 45.7 Å². The maximum atomic E-state index is 6.19. The molecule has 0 amide bonds. The Bertz CT molecular complexity index is 429. The second kappa shape index (κ2) is 5.04. The van der Waals surface area contributed by atoms with E-state index in [4.69, 9.17) is 11.6 Å². The van der Waals surface area contributed by atoms with Crippen molar-refractivity contribution < 1.29 is 0 Å². The molecule has 1 aliphatic rings. The summed E-state index contributed by atoms with van der Waals surface area (Å²) in [6.45, 7) is 8.87. The van der Waals surface area contributed by atoms with E-state index in [0.717, 1.165) is 11.4 Å². The predicted octanol–water partition coefficient (Wildman–Crippen LogP) is 4.24. The van der Waals surface area contributed by atoms with Gasteiger partial charge < -0.3 is 5.32 Å². The van der Waals surface area contributed by atoms with Gasteiger partial charge in [-0.3, -0.25) is 0 Å². The minimum absolute atomic E-state index is 0.325. The minimum atomic E-state index is 0.325. The van der Waals surface area contributed by atoms with Crippen molar-refractivity contribution in [2.75, 3.05) is 5.32 Å². The zero-order valence-electron chi connectivity index (χ0n) is 11.6. The molecule has 3 nitrogen and oxygen atoms in total. The van der Waals surface area contributed by atoms with E-state index in [0.29, 0.717) is 22.5 Å². The molecule has 1 N–H and O–H groups in total. The zero-order valence-corrected chi connectivity index (χ0v) is 12.4. The third-order valence-corrected chi connectivity index (χ3v) is 4.28. The van der Waals surface area contributed by atoms with Gasteiger partial charge in [-0.15, -0.1) is 0 Å². The standard InChI is InChI=1S/C14H22ClN3/c1-9(2)11-12(15)16-8-17-13(11)18-10-6-5-7-14(10,3)4/h8-10H,5-7H2,1-4H3,(H,16,17,18). The van der Waals surface area contributed by atoms with Crippen LogP contribution in [0.1, 0.15) is 58.4 Å². The molecular weight excluding hydrogens is 246 g/mol. The average molecular weight is 268 g/mol. The van der Waals surface area contributed by atoms with Crippen molar-refractivity contribution >= 4 is 17.4 Å². The molecule has 1 aromatic rings. The molecule has 18 heavy (non-hydrogen) atoms. The Morgan fingerprint density at radius 2 is 2.11 bits per heavy atom. The Labute approximate surface area is 114 Å². The van der Waals surface area contributed by atoms with Gasteiger partial charge in [0.25, 0.3) is 0 Å². The lowest BCUT2D eigenvalue weighted by atomic mass is 9.87. The fourth-order valence-corrected chi connectivity index (χ4v) is 3.11. The Balaban J connectivity index is 2.27. The maximum absolute atomic E-state index is 6.19. The molecule has 0 bridgehead atoms. The molecule has 1 atom stereocenters. The number of anilines is 1. The predicted molar refractivity (Wildman–Crippen MR) is 76.2 cm³/mol. The normalized spacial score (nSPS) is 22.4. The first-order chi connectivity index (χ1) is 8.42. The molecular formula is C14H22ClN3. The van der Waals surface area contributed by atoms with Crippen LogP contribution in [0.15, 0.2) is 6.33 Å². The fourth-order valence-electron chi connectivity index (χ4n) is 2.76. The van der Waals surface area contributed by atoms with Crippen LogP contribution >= 0.6 is 11.6 Å². The van der Waals surface area contributed by atoms with Gasteiger partial charge in [0.1, 0.15) is 17.3 Å². The highest BCUT2D eigenvalue weighted by atomic mass is 35.5. The van der Waals surface area contributed by atoms with Gasteiger partial charge in [-0.2, -0.15) is 0 Å². The first kappa shape index (κ1) is 13.6. The smallest absolute Gasteiger partial charge is 0.138 e. The Morgan fingerprint density at radius 3 is 2.67 bits per heavy atom. The summed E-state index contributed by atoms with van der Waals surface area (Å²) in [5.74, 6) is 1.23. The summed E-state index contributed by atoms with van der Waals surface area (Å²) in [4.78, 5) is 8.47. The molecule has 1 heterocycles. The average Bonchev–Trinajstić information content (AvgIpc) is 2.58. The molecule has 0 aromatic carbocycles. The largest absolute Gasteiger partial charge is 0.366 e. The van der Waals surface area contributed by atoms with Crippen molar-refractivity contribution in [3.63, 3.8) is 0 Å². The molecule has 0 spiro atoms. The van der Waals surface area contributed by atoms with Crippen LogP contribution in [0, 0.1) is 5.41 Å². The number of nitrogens with one attached hydrogen (secondary N) is 1. The molecule has 0 aliphatic heterocycles. The second-order valence-corrected chi connectivity index (χ2v) is 6.52. The SMILES string of the molecule is CC(C)c1c(Cl)ncnc1NC1CCCC1(C)C. The lowest BCUT2D eigenvalue weighted by Crippen LogP contribution is -2.31. The molecule has 0 saturated heterocycles. The summed E-state index contributed by atoms with van der Waals surface area (Å²) in [7, 11) is 0. The zero-order chi connectivity index (χ0) is 13.3. The first-order valence-corrected chi connectivity index (χ1v) is 7.06. The van der Waals surface area contributed by atoms with Gasteiger partial charge in [0.05, 0.1) is 0 Å². The van der Waals surface area contributed by atoms with Gasteiger partial charge in [0, 0.05) is 11.6 Å². The summed E-state index contributed by atoms with van der Waals surface area (Å²) in [5, 5.41) is 4.15. The quantitative estimate of drug-likeness (QED) is 0.832. The van der Waals surface area contributed by atoms with Gasteiger partial charge in [-0.05, 0) is 24.2 Å². The van der Waals surface area contributed by atoms with Gasteiger partial charge >= 0.3 is 0 Å². The highest BCUT2D eigenvalue weighted by Gasteiger charge is 2.35. The first-order valence-electron chi connectivity index (χ1n) is 6.69. The maximum Gasteiger partial charge on any atom is 0.138 e. The van der Waals surface area contributed by atoms with Crippen molar-refractivity contribution in [2.45, 2.75) is 58.9 Å². The van der Waals surface area contributed by atoms with Crippen molar-refractivity contribution in [1.29, 1.82) is 0 Å². The van der Waals surface area contributed by atoms with E-state index in [9.17, 15) is 0 Å². The number of hydrogen-bond acceptors (Lipinski definition) is 3. The summed E-state index contributed by atoms with van der Waals surface area (Å²) < 4.78 is 0. The van der Waals surface area contributed by atoms with Crippen molar-refractivity contribution in [2.24, 2.45) is 5.41 Å². The molecule has 1 fully saturated rings. The third kappa shape index (κ3) is 2.61. The highest BCUT2D eigenvalue weighted by Crippen LogP contribution is 2.40. The van der Waals surface area contributed by atoms with Crippen molar-refractivity contribution in [1.82, 2.24) is 9.97 Å². The van der Waals surface area contributed by atoms with Crippen LogP contribution in [0.5, 0.6) is 0 Å². The number of hydrogen-bond donors (Lipinski definition) is 1. The summed E-state index contributed by atoms with van der Waals surface area (Å²) in [5.41, 5.74) is 1.35.